The van der Waals surface area contributed by atoms with Crippen LogP contribution in [0.25, 0.3) is 0 Å². The number of rotatable bonds is 9. The van der Waals surface area contributed by atoms with Crippen LogP contribution in [0.1, 0.15) is 58.8 Å². The molecule has 0 heterocycles. The van der Waals surface area contributed by atoms with Crippen molar-refractivity contribution >= 4 is 5.97 Å². The lowest BCUT2D eigenvalue weighted by Gasteiger charge is -2.06. The fourth-order valence-corrected chi connectivity index (χ4v) is 1.54. The van der Waals surface area contributed by atoms with Crippen LogP contribution in [0.2, 0.25) is 0 Å². The van der Waals surface area contributed by atoms with Crippen LogP contribution in [0.4, 0.5) is 0 Å². The summed E-state index contributed by atoms with van der Waals surface area (Å²) in [4.78, 5) is 10.3. The molecule has 0 aromatic carbocycles. The van der Waals surface area contributed by atoms with Crippen LogP contribution < -0.4 is 0 Å². The Kier molecular flexibility index (Phi) is 8.38. The molecule has 0 aliphatic carbocycles. The van der Waals surface area contributed by atoms with Gasteiger partial charge in [0.1, 0.15) is 0 Å². The van der Waals surface area contributed by atoms with E-state index in [-0.39, 0.29) is 0 Å². The van der Waals surface area contributed by atoms with Gasteiger partial charge in [0, 0.05) is 0 Å². The molecule has 0 saturated carbocycles. The van der Waals surface area contributed by atoms with Gasteiger partial charge in [-0.05, 0) is 12.3 Å². The van der Waals surface area contributed by atoms with Crippen molar-refractivity contribution in [2.45, 2.75) is 64.9 Å². The number of carbonyl (C=O) groups is 1. The standard InChI is InChI=1S/C12H24O3/c1-10(2)8-6-4-3-5-7-9-11(13)12(14)15/h10-11,13H,3-9H2,1-2H3,(H,14,15). The first-order chi connectivity index (χ1) is 7.04. The summed E-state index contributed by atoms with van der Waals surface area (Å²) < 4.78 is 0. The molecule has 0 amide bonds. The molecule has 15 heavy (non-hydrogen) atoms. The molecule has 0 aromatic heterocycles. The van der Waals surface area contributed by atoms with E-state index in [9.17, 15) is 4.79 Å². The van der Waals surface area contributed by atoms with Gasteiger partial charge in [-0.3, -0.25) is 0 Å². The van der Waals surface area contributed by atoms with Crippen LogP contribution in [0, 0.1) is 5.92 Å². The van der Waals surface area contributed by atoms with Gasteiger partial charge in [0.15, 0.2) is 6.10 Å². The molecular weight excluding hydrogens is 192 g/mol. The summed E-state index contributed by atoms with van der Waals surface area (Å²) in [6.07, 6.45) is 5.98. The highest BCUT2D eigenvalue weighted by Gasteiger charge is 2.11. The third-order valence-corrected chi connectivity index (χ3v) is 2.54. The van der Waals surface area contributed by atoms with Gasteiger partial charge in [-0.1, -0.05) is 52.4 Å². The zero-order chi connectivity index (χ0) is 11.7. The van der Waals surface area contributed by atoms with Crippen molar-refractivity contribution in [1.29, 1.82) is 0 Å². The van der Waals surface area contributed by atoms with Gasteiger partial charge in [0.2, 0.25) is 0 Å². The minimum absolute atomic E-state index is 0.388. The third kappa shape index (κ3) is 9.73. The highest BCUT2D eigenvalue weighted by Crippen LogP contribution is 2.12. The maximum absolute atomic E-state index is 10.3. The maximum atomic E-state index is 10.3. The number of hydrogen-bond donors (Lipinski definition) is 2. The van der Waals surface area contributed by atoms with Crippen LogP contribution in [0.3, 0.4) is 0 Å². The fourth-order valence-electron chi connectivity index (χ4n) is 1.54. The summed E-state index contributed by atoms with van der Waals surface area (Å²) in [5, 5.41) is 17.4. The van der Waals surface area contributed by atoms with Crippen LogP contribution in [0.15, 0.2) is 0 Å². The normalized spacial score (nSPS) is 13.1. The van der Waals surface area contributed by atoms with E-state index in [1.807, 2.05) is 0 Å². The first-order valence-electron chi connectivity index (χ1n) is 5.95. The van der Waals surface area contributed by atoms with Gasteiger partial charge in [-0.2, -0.15) is 0 Å². The molecule has 0 aromatic rings. The molecule has 0 saturated heterocycles. The minimum atomic E-state index is -1.17. The van der Waals surface area contributed by atoms with E-state index >= 15 is 0 Å². The molecule has 3 nitrogen and oxygen atoms in total. The van der Waals surface area contributed by atoms with Gasteiger partial charge < -0.3 is 10.2 Å². The summed E-state index contributed by atoms with van der Waals surface area (Å²) in [5.41, 5.74) is 0. The lowest BCUT2D eigenvalue weighted by atomic mass is 10.0. The second kappa shape index (κ2) is 8.72. The topological polar surface area (TPSA) is 57.5 Å². The molecule has 0 aliphatic heterocycles. The Balaban J connectivity index is 3.15. The van der Waals surface area contributed by atoms with Crippen LogP contribution >= 0.6 is 0 Å². The smallest absolute Gasteiger partial charge is 0.332 e. The monoisotopic (exact) mass is 216 g/mol. The van der Waals surface area contributed by atoms with Gasteiger partial charge in [-0.15, -0.1) is 0 Å². The molecule has 90 valence electrons. The van der Waals surface area contributed by atoms with E-state index in [4.69, 9.17) is 10.2 Å². The van der Waals surface area contributed by atoms with E-state index in [0.29, 0.717) is 6.42 Å². The number of aliphatic hydroxyl groups is 1. The van der Waals surface area contributed by atoms with E-state index in [1.54, 1.807) is 0 Å². The largest absolute Gasteiger partial charge is 0.479 e. The molecule has 0 aliphatic rings. The summed E-state index contributed by atoms with van der Waals surface area (Å²) in [6, 6.07) is 0. The summed E-state index contributed by atoms with van der Waals surface area (Å²) >= 11 is 0. The Hall–Kier alpha value is -0.570. The zero-order valence-corrected chi connectivity index (χ0v) is 9.91. The molecule has 0 fully saturated rings. The number of carboxylic acid groups (broad SMARTS) is 1. The van der Waals surface area contributed by atoms with Crippen molar-refractivity contribution in [3.63, 3.8) is 0 Å². The number of aliphatic carboxylic acids is 1. The van der Waals surface area contributed by atoms with Gasteiger partial charge in [0.25, 0.3) is 0 Å². The average molecular weight is 216 g/mol. The van der Waals surface area contributed by atoms with Gasteiger partial charge in [0.05, 0.1) is 0 Å². The molecule has 0 spiro atoms. The Morgan fingerprint density at radius 2 is 1.47 bits per heavy atom. The summed E-state index contributed by atoms with van der Waals surface area (Å²) in [5.74, 6) is -0.325. The van der Waals surface area contributed by atoms with Crippen molar-refractivity contribution in [1.82, 2.24) is 0 Å². The quantitative estimate of drug-likeness (QED) is 0.583. The Bertz CT molecular complexity index is 166. The molecule has 1 atom stereocenters. The minimum Gasteiger partial charge on any atom is -0.479 e. The third-order valence-electron chi connectivity index (χ3n) is 2.54. The summed E-state index contributed by atoms with van der Waals surface area (Å²) in [7, 11) is 0. The van der Waals surface area contributed by atoms with Crippen molar-refractivity contribution in [3.05, 3.63) is 0 Å². The highest BCUT2D eigenvalue weighted by molar-refractivity contribution is 5.71. The predicted octanol–water partition coefficient (Wildman–Crippen LogP) is 2.82. The van der Waals surface area contributed by atoms with Crippen molar-refractivity contribution in [2.75, 3.05) is 0 Å². The lowest BCUT2D eigenvalue weighted by molar-refractivity contribution is -0.146. The number of hydrogen-bond acceptors (Lipinski definition) is 2. The molecule has 0 bridgehead atoms. The molecular formula is C12H24O3. The van der Waals surface area contributed by atoms with Crippen LogP contribution in [-0.4, -0.2) is 22.3 Å². The van der Waals surface area contributed by atoms with Crippen LogP contribution in [-0.2, 0) is 4.79 Å². The second-order valence-corrected chi connectivity index (χ2v) is 4.59. The Labute approximate surface area is 92.5 Å². The van der Waals surface area contributed by atoms with Crippen molar-refractivity contribution in [2.24, 2.45) is 5.92 Å². The van der Waals surface area contributed by atoms with Crippen molar-refractivity contribution in [3.8, 4) is 0 Å². The van der Waals surface area contributed by atoms with E-state index in [2.05, 4.69) is 13.8 Å². The first-order valence-corrected chi connectivity index (χ1v) is 5.95. The van der Waals surface area contributed by atoms with Gasteiger partial charge >= 0.3 is 5.97 Å². The Morgan fingerprint density at radius 3 is 1.93 bits per heavy atom. The fraction of sp³-hybridized carbons (Fsp3) is 0.917. The lowest BCUT2D eigenvalue weighted by Crippen LogP contribution is -2.18. The van der Waals surface area contributed by atoms with E-state index in [0.717, 1.165) is 25.2 Å². The number of unbranched alkanes of at least 4 members (excludes halogenated alkanes) is 4. The molecule has 0 radical (unpaired) electrons. The number of carboxylic acids is 1. The molecule has 2 N–H and O–H groups in total. The van der Waals surface area contributed by atoms with Crippen molar-refractivity contribution < 1.29 is 15.0 Å². The van der Waals surface area contributed by atoms with E-state index < -0.39 is 12.1 Å². The first kappa shape index (κ1) is 14.4. The molecule has 1 unspecified atom stereocenters. The van der Waals surface area contributed by atoms with E-state index in [1.165, 1.54) is 19.3 Å². The Morgan fingerprint density at radius 1 is 1.00 bits per heavy atom. The molecule has 0 rings (SSSR count). The second-order valence-electron chi connectivity index (χ2n) is 4.59. The van der Waals surface area contributed by atoms with Gasteiger partial charge in [-0.25, -0.2) is 4.79 Å². The molecule has 3 heteroatoms. The zero-order valence-electron chi connectivity index (χ0n) is 9.91. The SMILES string of the molecule is CC(C)CCCCCCCC(O)C(=O)O. The maximum Gasteiger partial charge on any atom is 0.332 e. The predicted molar refractivity (Wildman–Crippen MR) is 60.8 cm³/mol. The average Bonchev–Trinajstić information content (AvgIpc) is 2.15. The number of aliphatic hydroxyl groups excluding tert-OH is 1. The van der Waals surface area contributed by atoms with Crippen LogP contribution in [0.5, 0.6) is 0 Å². The highest BCUT2D eigenvalue weighted by atomic mass is 16.4. The summed E-state index contributed by atoms with van der Waals surface area (Å²) in [6.45, 7) is 4.45.